The Morgan fingerprint density at radius 3 is 2.74 bits per heavy atom. The second-order valence-corrected chi connectivity index (χ2v) is 6.48. The average Bonchev–Trinajstić information content (AvgIpc) is 2.88. The minimum atomic E-state index is 0.155. The molecule has 2 rings (SSSR count). The molecule has 2 aliphatic rings. The number of likely N-dealkylation sites (tertiary alicyclic amines) is 1. The van der Waals surface area contributed by atoms with E-state index in [1.54, 1.807) is 0 Å². The summed E-state index contributed by atoms with van der Waals surface area (Å²) in [5.41, 5.74) is 5.94. The van der Waals surface area contributed by atoms with Crippen LogP contribution in [0.25, 0.3) is 0 Å². The van der Waals surface area contributed by atoms with Crippen LogP contribution < -0.4 is 11.1 Å². The van der Waals surface area contributed by atoms with E-state index in [-0.39, 0.29) is 17.9 Å². The van der Waals surface area contributed by atoms with Crippen LogP contribution in [0.3, 0.4) is 0 Å². The summed E-state index contributed by atoms with van der Waals surface area (Å²) >= 11 is 0. The number of rotatable bonds is 5. The summed E-state index contributed by atoms with van der Waals surface area (Å²) in [5.74, 6) is 0.922. The highest BCUT2D eigenvalue weighted by Crippen LogP contribution is 2.23. The monoisotopic (exact) mass is 267 g/mol. The molecule has 110 valence electrons. The molecule has 0 radical (unpaired) electrons. The van der Waals surface area contributed by atoms with E-state index < -0.39 is 0 Å². The Morgan fingerprint density at radius 1 is 1.32 bits per heavy atom. The van der Waals surface area contributed by atoms with Crippen LogP contribution >= 0.6 is 0 Å². The van der Waals surface area contributed by atoms with Gasteiger partial charge in [0.05, 0.1) is 0 Å². The van der Waals surface area contributed by atoms with Crippen molar-refractivity contribution in [2.75, 3.05) is 26.2 Å². The number of nitrogens with zero attached hydrogens (tertiary/aromatic N) is 1. The van der Waals surface area contributed by atoms with Gasteiger partial charge in [-0.1, -0.05) is 13.3 Å². The summed E-state index contributed by atoms with van der Waals surface area (Å²) in [6.45, 7) is 6.61. The number of hydrogen-bond donors (Lipinski definition) is 2. The lowest BCUT2D eigenvalue weighted by molar-refractivity contribution is -0.126. The predicted octanol–water partition coefficient (Wildman–Crippen LogP) is 1.35. The topological polar surface area (TPSA) is 58.4 Å². The molecule has 1 aliphatic carbocycles. The Kier molecular flexibility index (Phi) is 5.64. The Bertz CT molecular complexity index is 289. The smallest absolute Gasteiger partial charge is 0.223 e. The van der Waals surface area contributed by atoms with E-state index in [9.17, 15) is 4.79 Å². The fraction of sp³-hybridized carbons (Fsp3) is 0.933. The van der Waals surface area contributed by atoms with Gasteiger partial charge >= 0.3 is 0 Å². The highest BCUT2D eigenvalue weighted by molar-refractivity contribution is 5.78. The Hall–Kier alpha value is -0.610. The second-order valence-electron chi connectivity index (χ2n) is 6.48. The van der Waals surface area contributed by atoms with Gasteiger partial charge in [-0.3, -0.25) is 4.79 Å². The van der Waals surface area contributed by atoms with Crippen LogP contribution in [0, 0.1) is 11.8 Å². The number of carbonyl (C=O) groups is 1. The minimum absolute atomic E-state index is 0.155. The number of nitrogens with two attached hydrogens (primary N) is 1. The van der Waals surface area contributed by atoms with Crippen molar-refractivity contribution in [1.82, 2.24) is 10.2 Å². The molecule has 0 aromatic carbocycles. The van der Waals surface area contributed by atoms with Crippen LogP contribution in [0.5, 0.6) is 0 Å². The van der Waals surface area contributed by atoms with E-state index in [1.807, 2.05) is 0 Å². The summed E-state index contributed by atoms with van der Waals surface area (Å²) in [6, 6.07) is 0.228. The zero-order chi connectivity index (χ0) is 13.7. The molecule has 2 fully saturated rings. The third-order valence-electron chi connectivity index (χ3n) is 4.48. The first-order chi connectivity index (χ1) is 9.15. The summed E-state index contributed by atoms with van der Waals surface area (Å²) < 4.78 is 0. The lowest BCUT2D eigenvalue weighted by Gasteiger charge is -2.26. The van der Waals surface area contributed by atoms with Gasteiger partial charge < -0.3 is 16.0 Å². The first kappa shape index (κ1) is 14.8. The summed E-state index contributed by atoms with van der Waals surface area (Å²) in [4.78, 5) is 14.6. The maximum Gasteiger partial charge on any atom is 0.223 e. The number of hydrogen-bond acceptors (Lipinski definition) is 3. The molecular weight excluding hydrogens is 238 g/mol. The molecule has 0 spiro atoms. The highest BCUT2D eigenvalue weighted by atomic mass is 16.1. The van der Waals surface area contributed by atoms with Gasteiger partial charge in [-0.25, -0.2) is 0 Å². The molecule has 0 bridgehead atoms. The third kappa shape index (κ3) is 4.77. The van der Waals surface area contributed by atoms with Gasteiger partial charge in [0.25, 0.3) is 0 Å². The third-order valence-corrected chi connectivity index (χ3v) is 4.48. The molecule has 4 nitrogen and oxygen atoms in total. The fourth-order valence-corrected chi connectivity index (χ4v) is 3.36. The molecule has 0 aromatic rings. The van der Waals surface area contributed by atoms with E-state index in [1.165, 1.54) is 25.9 Å². The second kappa shape index (κ2) is 7.25. The number of carbonyl (C=O) groups excluding carboxylic acids is 1. The van der Waals surface area contributed by atoms with E-state index in [4.69, 9.17) is 5.73 Å². The van der Waals surface area contributed by atoms with Crippen molar-refractivity contribution in [1.29, 1.82) is 0 Å². The molecule has 1 saturated heterocycles. The zero-order valence-corrected chi connectivity index (χ0v) is 12.2. The molecule has 3 atom stereocenters. The number of nitrogens with one attached hydrogen (secondary N) is 1. The molecular formula is C15H29N3O. The van der Waals surface area contributed by atoms with Crippen molar-refractivity contribution in [3.63, 3.8) is 0 Å². The lowest BCUT2D eigenvalue weighted by atomic mass is 9.85. The Labute approximate surface area is 117 Å². The highest BCUT2D eigenvalue weighted by Gasteiger charge is 2.25. The van der Waals surface area contributed by atoms with Gasteiger partial charge in [-0.2, -0.15) is 0 Å². The quantitative estimate of drug-likeness (QED) is 0.790. The van der Waals surface area contributed by atoms with E-state index in [0.717, 1.165) is 38.8 Å². The summed E-state index contributed by atoms with van der Waals surface area (Å²) in [6.07, 6.45) is 6.72. The van der Waals surface area contributed by atoms with Gasteiger partial charge in [0.2, 0.25) is 5.91 Å². The van der Waals surface area contributed by atoms with E-state index in [0.29, 0.717) is 5.92 Å². The van der Waals surface area contributed by atoms with E-state index in [2.05, 4.69) is 17.1 Å². The van der Waals surface area contributed by atoms with Crippen LogP contribution in [-0.2, 0) is 4.79 Å². The van der Waals surface area contributed by atoms with Crippen LogP contribution in [0.4, 0.5) is 0 Å². The molecule has 4 heteroatoms. The van der Waals surface area contributed by atoms with Crippen molar-refractivity contribution in [2.45, 2.75) is 51.5 Å². The molecule has 1 heterocycles. The van der Waals surface area contributed by atoms with Crippen LogP contribution in [0.1, 0.15) is 45.4 Å². The van der Waals surface area contributed by atoms with Crippen LogP contribution in [-0.4, -0.2) is 43.0 Å². The first-order valence-corrected chi connectivity index (χ1v) is 7.91. The minimum Gasteiger partial charge on any atom is -0.356 e. The van der Waals surface area contributed by atoms with Crippen molar-refractivity contribution in [2.24, 2.45) is 17.6 Å². The Balaban J connectivity index is 1.64. The largest absolute Gasteiger partial charge is 0.356 e. The van der Waals surface area contributed by atoms with Crippen molar-refractivity contribution in [3.8, 4) is 0 Å². The van der Waals surface area contributed by atoms with Crippen molar-refractivity contribution in [3.05, 3.63) is 0 Å². The maximum absolute atomic E-state index is 12.1. The molecule has 19 heavy (non-hydrogen) atoms. The van der Waals surface area contributed by atoms with Gasteiger partial charge in [-0.15, -0.1) is 0 Å². The molecule has 1 aliphatic heterocycles. The average molecular weight is 267 g/mol. The van der Waals surface area contributed by atoms with Gasteiger partial charge in [0.15, 0.2) is 0 Å². The summed E-state index contributed by atoms with van der Waals surface area (Å²) in [7, 11) is 0. The number of amides is 1. The molecule has 3 N–H and O–H groups in total. The van der Waals surface area contributed by atoms with Crippen LogP contribution in [0.15, 0.2) is 0 Å². The fourth-order valence-electron chi connectivity index (χ4n) is 3.36. The van der Waals surface area contributed by atoms with Gasteiger partial charge in [0, 0.05) is 25.0 Å². The standard InChI is InChI=1S/C15H29N3O/c1-12(11-18-7-2-3-8-18)10-17-15(19)13-5-4-6-14(16)9-13/h12-14H,2-11,16H2,1H3,(H,17,19). The van der Waals surface area contributed by atoms with Gasteiger partial charge in [-0.05, 0) is 51.1 Å². The molecule has 3 unspecified atom stereocenters. The van der Waals surface area contributed by atoms with Gasteiger partial charge in [0.1, 0.15) is 0 Å². The normalized spacial score (nSPS) is 30.2. The van der Waals surface area contributed by atoms with Crippen LogP contribution in [0.2, 0.25) is 0 Å². The first-order valence-electron chi connectivity index (χ1n) is 7.91. The van der Waals surface area contributed by atoms with E-state index >= 15 is 0 Å². The SMILES string of the molecule is CC(CNC(=O)C1CCCC(N)C1)CN1CCCC1. The molecule has 1 amide bonds. The summed E-state index contributed by atoms with van der Waals surface area (Å²) in [5, 5.41) is 3.13. The molecule has 0 aromatic heterocycles. The molecule has 1 saturated carbocycles. The maximum atomic E-state index is 12.1. The lowest BCUT2D eigenvalue weighted by Crippen LogP contribution is -2.40. The Morgan fingerprint density at radius 2 is 2.05 bits per heavy atom. The zero-order valence-electron chi connectivity index (χ0n) is 12.2. The van der Waals surface area contributed by atoms with Crippen molar-refractivity contribution < 1.29 is 4.79 Å². The predicted molar refractivity (Wildman–Crippen MR) is 77.8 cm³/mol. The van der Waals surface area contributed by atoms with Crippen molar-refractivity contribution >= 4 is 5.91 Å².